The normalized spacial score (nSPS) is 12.8. The molecule has 16 heavy (non-hydrogen) atoms. The molecular weight excluding hydrogens is 210 g/mol. The highest BCUT2D eigenvalue weighted by atomic mass is 16.6. The third-order valence-corrected chi connectivity index (χ3v) is 2.18. The van der Waals surface area contributed by atoms with Crippen LogP contribution in [-0.2, 0) is 4.74 Å². The van der Waals surface area contributed by atoms with Gasteiger partial charge in [0, 0.05) is 6.07 Å². The Labute approximate surface area is 92.1 Å². The zero-order valence-electron chi connectivity index (χ0n) is 8.65. The zero-order chi connectivity index (χ0) is 11.5. The summed E-state index contributed by atoms with van der Waals surface area (Å²) in [5.74, 6) is 0.210. The summed E-state index contributed by atoms with van der Waals surface area (Å²) in [5.41, 5.74) is 0.556. The van der Waals surface area contributed by atoms with Gasteiger partial charge in [-0.3, -0.25) is 0 Å². The molecule has 0 amide bonds. The van der Waals surface area contributed by atoms with Crippen molar-refractivity contribution in [2.75, 3.05) is 20.3 Å². The summed E-state index contributed by atoms with van der Waals surface area (Å²) in [7, 11) is 1.28. The minimum atomic E-state index is -0.543. The maximum atomic E-state index is 11.5. The summed E-state index contributed by atoms with van der Waals surface area (Å²) in [5, 5.41) is 8.82. The first kappa shape index (κ1) is 10.3. The number of fused-ring (bicyclic) bond motifs is 1. The molecular formula is C11H9NO4. The third-order valence-electron chi connectivity index (χ3n) is 2.18. The maximum Gasteiger partial charge on any atom is 0.341 e. The Hall–Kier alpha value is -2.22. The molecule has 0 unspecified atom stereocenters. The average molecular weight is 219 g/mol. The van der Waals surface area contributed by atoms with Gasteiger partial charge in [-0.15, -0.1) is 0 Å². The lowest BCUT2D eigenvalue weighted by molar-refractivity contribution is 0.0590. The fraction of sp³-hybridized carbons (Fsp3) is 0.273. The predicted molar refractivity (Wildman–Crippen MR) is 53.5 cm³/mol. The SMILES string of the molecule is COC(=O)c1cc(C#N)cc2c1OCCO2. The van der Waals surface area contributed by atoms with E-state index in [4.69, 9.17) is 14.7 Å². The summed E-state index contributed by atoms with van der Waals surface area (Å²) >= 11 is 0. The molecule has 82 valence electrons. The van der Waals surface area contributed by atoms with Crippen LogP contribution in [0, 0.1) is 11.3 Å². The molecule has 0 spiro atoms. The van der Waals surface area contributed by atoms with Crippen molar-refractivity contribution >= 4 is 5.97 Å². The van der Waals surface area contributed by atoms with Crippen molar-refractivity contribution in [2.45, 2.75) is 0 Å². The first-order valence-electron chi connectivity index (χ1n) is 4.68. The molecule has 1 aromatic rings. The molecule has 5 heteroatoms. The Morgan fingerprint density at radius 3 is 2.88 bits per heavy atom. The van der Waals surface area contributed by atoms with Crippen LogP contribution >= 0.6 is 0 Å². The molecule has 1 aliphatic heterocycles. The molecule has 2 rings (SSSR count). The number of nitrogens with zero attached hydrogens (tertiary/aromatic N) is 1. The van der Waals surface area contributed by atoms with Crippen LogP contribution < -0.4 is 9.47 Å². The largest absolute Gasteiger partial charge is 0.486 e. The van der Waals surface area contributed by atoms with Gasteiger partial charge in [0.05, 0.1) is 18.7 Å². The number of benzene rings is 1. The van der Waals surface area contributed by atoms with E-state index in [-0.39, 0.29) is 5.56 Å². The van der Waals surface area contributed by atoms with E-state index in [9.17, 15) is 4.79 Å². The molecule has 0 radical (unpaired) electrons. The molecule has 0 atom stereocenters. The molecule has 0 saturated carbocycles. The lowest BCUT2D eigenvalue weighted by Crippen LogP contribution is -2.18. The molecule has 0 N–H and O–H groups in total. The number of ether oxygens (including phenoxy) is 3. The van der Waals surface area contributed by atoms with Crippen molar-refractivity contribution in [1.29, 1.82) is 5.26 Å². The quantitative estimate of drug-likeness (QED) is 0.662. The third kappa shape index (κ3) is 1.65. The van der Waals surface area contributed by atoms with Crippen molar-refractivity contribution in [1.82, 2.24) is 0 Å². The van der Waals surface area contributed by atoms with Crippen LogP contribution in [0.3, 0.4) is 0 Å². The standard InChI is InChI=1S/C11H9NO4/c1-14-11(13)8-4-7(6-12)5-9-10(8)16-3-2-15-9/h4-5H,2-3H2,1H3. The number of carbonyl (C=O) groups is 1. The van der Waals surface area contributed by atoms with Crippen molar-refractivity contribution in [3.63, 3.8) is 0 Å². The minimum absolute atomic E-state index is 0.219. The number of carbonyl (C=O) groups excluding carboxylic acids is 1. The monoisotopic (exact) mass is 219 g/mol. The van der Waals surface area contributed by atoms with E-state index in [1.54, 1.807) is 6.07 Å². The van der Waals surface area contributed by atoms with E-state index >= 15 is 0 Å². The molecule has 0 aromatic heterocycles. The fourth-order valence-corrected chi connectivity index (χ4v) is 1.48. The Balaban J connectivity index is 2.57. The van der Waals surface area contributed by atoms with E-state index in [1.807, 2.05) is 6.07 Å². The molecule has 0 saturated heterocycles. The second kappa shape index (κ2) is 4.11. The van der Waals surface area contributed by atoms with Crippen LogP contribution in [-0.4, -0.2) is 26.3 Å². The summed E-state index contributed by atoms with van der Waals surface area (Å²) in [6.07, 6.45) is 0. The second-order valence-electron chi connectivity index (χ2n) is 3.15. The number of esters is 1. The fourth-order valence-electron chi connectivity index (χ4n) is 1.48. The smallest absolute Gasteiger partial charge is 0.341 e. The molecule has 0 fully saturated rings. The number of hydrogen-bond donors (Lipinski definition) is 0. The van der Waals surface area contributed by atoms with Crippen LogP contribution in [0.25, 0.3) is 0 Å². The first-order valence-corrected chi connectivity index (χ1v) is 4.68. The molecule has 1 aliphatic rings. The van der Waals surface area contributed by atoms with Gasteiger partial charge in [-0.05, 0) is 6.07 Å². The van der Waals surface area contributed by atoms with Crippen molar-refractivity contribution in [2.24, 2.45) is 0 Å². The first-order chi connectivity index (χ1) is 7.76. The number of rotatable bonds is 1. The van der Waals surface area contributed by atoms with Gasteiger partial charge in [-0.1, -0.05) is 0 Å². The van der Waals surface area contributed by atoms with Gasteiger partial charge in [0.2, 0.25) is 0 Å². The van der Waals surface area contributed by atoms with Gasteiger partial charge in [0.25, 0.3) is 0 Å². The minimum Gasteiger partial charge on any atom is -0.486 e. The van der Waals surface area contributed by atoms with Crippen molar-refractivity contribution < 1.29 is 19.0 Å². The highest BCUT2D eigenvalue weighted by Crippen LogP contribution is 2.35. The Kier molecular flexibility index (Phi) is 2.64. The summed E-state index contributed by atoms with van der Waals surface area (Å²) in [4.78, 5) is 11.5. The summed E-state index contributed by atoms with van der Waals surface area (Å²) in [6.45, 7) is 0.783. The summed E-state index contributed by atoms with van der Waals surface area (Å²) in [6, 6.07) is 4.93. The topological polar surface area (TPSA) is 68.6 Å². The molecule has 5 nitrogen and oxygen atoms in total. The maximum absolute atomic E-state index is 11.5. The summed E-state index contributed by atoms with van der Waals surface area (Å²) < 4.78 is 15.3. The van der Waals surface area contributed by atoms with Gasteiger partial charge >= 0.3 is 5.97 Å². The van der Waals surface area contributed by atoms with E-state index in [0.29, 0.717) is 30.3 Å². The van der Waals surface area contributed by atoms with Gasteiger partial charge in [-0.2, -0.15) is 5.26 Å². The van der Waals surface area contributed by atoms with Crippen molar-refractivity contribution in [3.8, 4) is 17.6 Å². The lowest BCUT2D eigenvalue weighted by Gasteiger charge is -2.20. The number of hydrogen-bond acceptors (Lipinski definition) is 5. The zero-order valence-corrected chi connectivity index (χ0v) is 8.65. The van der Waals surface area contributed by atoms with Crippen LogP contribution in [0.4, 0.5) is 0 Å². The van der Waals surface area contributed by atoms with Crippen LogP contribution in [0.2, 0.25) is 0 Å². The molecule has 1 aromatic carbocycles. The highest BCUT2D eigenvalue weighted by molar-refractivity contribution is 5.94. The Morgan fingerprint density at radius 1 is 1.44 bits per heavy atom. The van der Waals surface area contributed by atoms with Gasteiger partial charge in [0.15, 0.2) is 11.5 Å². The highest BCUT2D eigenvalue weighted by Gasteiger charge is 2.22. The van der Waals surface area contributed by atoms with Crippen LogP contribution in [0.15, 0.2) is 12.1 Å². The lowest BCUT2D eigenvalue weighted by atomic mass is 10.1. The van der Waals surface area contributed by atoms with Gasteiger partial charge in [0.1, 0.15) is 18.8 Å². The van der Waals surface area contributed by atoms with Gasteiger partial charge < -0.3 is 14.2 Å². The molecule has 0 aliphatic carbocycles. The van der Waals surface area contributed by atoms with E-state index in [1.165, 1.54) is 13.2 Å². The number of methoxy groups -OCH3 is 1. The Morgan fingerprint density at radius 2 is 2.19 bits per heavy atom. The molecule has 1 heterocycles. The van der Waals surface area contributed by atoms with Gasteiger partial charge in [-0.25, -0.2) is 4.79 Å². The molecule has 0 bridgehead atoms. The van der Waals surface area contributed by atoms with E-state index in [0.717, 1.165) is 0 Å². The number of nitriles is 1. The van der Waals surface area contributed by atoms with Crippen LogP contribution in [0.1, 0.15) is 15.9 Å². The van der Waals surface area contributed by atoms with Crippen molar-refractivity contribution in [3.05, 3.63) is 23.3 Å². The van der Waals surface area contributed by atoms with E-state index in [2.05, 4.69) is 4.74 Å². The van der Waals surface area contributed by atoms with Crippen LogP contribution in [0.5, 0.6) is 11.5 Å². The van der Waals surface area contributed by atoms with E-state index < -0.39 is 5.97 Å². The second-order valence-corrected chi connectivity index (χ2v) is 3.15. The Bertz CT molecular complexity index is 476. The average Bonchev–Trinajstić information content (AvgIpc) is 2.36. The predicted octanol–water partition coefficient (Wildman–Crippen LogP) is 1.12.